The second-order valence-electron chi connectivity index (χ2n) is 9.67. The van der Waals surface area contributed by atoms with Crippen LogP contribution in [0.2, 0.25) is 18.1 Å². The number of hydrogen-bond donors (Lipinski definition) is 0. The van der Waals surface area contributed by atoms with E-state index >= 15 is 0 Å². The van der Waals surface area contributed by atoms with Gasteiger partial charge < -0.3 is 13.7 Å². The molecule has 0 N–H and O–H groups in total. The van der Waals surface area contributed by atoms with Crippen molar-refractivity contribution in [1.29, 1.82) is 0 Å². The van der Waals surface area contributed by atoms with Crippen molar-refractivity contribution in [2.75, 3.05) is 13.2 Å². The van der Waals surface area contributed by atoms with Gasteiger partial charge in [-0.1, -0.05) is 34.6 Å². The molecule has 2 rings (SSSR count). The van der Waals surface area contributed by atoms with E-state index < -0.39 is 25.5 Å². The van der Waals surface area contributed by atoms with Crippen molar-refractivity contribution < 1.29 is 18.3 Å². The number of nitrogens with zero attached hydrogens (tertiary/aromatic N) is 1. The highest BCUT2D eigenvalue weighted by molar-refractivity contribution is 14.1. The summed E-state index contributed by atoms with van der Waals surface area (Å²) < 4.78 is 28.2. The Hall–Kier alpha value is -1.26. The Morgan fingerprint density at radius 1 is 1.26 bits per heavy atom. The summed E-state index contributed by atoms with van der Waals surface area (Å²) in [6.07, 6.45) is 1.51. The van der Waals surface area contributed by atoms with E-state index in [1.807, 2.05) is 27.2 Å². The zero-order valence-electron chi connectivity index (χ0n) is 19.6. The minimum Gasteiger partial charge on any atom is -0.462 e. The van der Waals surface area contributed by atoms with Gasteiger partial charge in [-0.15, -0.1) is 0 Å². The summed E-state index contributed by atoms with van der Waals surface area (Å²) in [5.74, 6) is -0.957. The average molecular weight is 562 g/mol. The third-order valence-electron chi connectivity index (χ3n) is 6.12. The van der Waals surface area contributed by atoms with Crippen LogP contribution in [0.5, 0.6) is 0 Å². The summed E-state index contributed by atoms with van der Waals surface area (Å²) >= 11 is 1.85. The molecule has 172 valence electrons. The molecule has 0 spiro atoms. The molecule has 0 saturated carbocycles. The lowest BCUT2D eigenvalue weighted by molar-refractivity contribution is 0.0523. The first-order valence-corrected chi connectivity index (χ1v) is 14.5. The third-order valence-corrected chi connectivity index (χ3v) is 11.4. The molecule has 31 heavy (non-hydrogen) atoms. The van der Waals surface area contributed by atoms with Gasteiger partial charge in [-0.3, -0.25) is 4.79 Å². The second kappa shape index (κ2) is 9.70. The topological polar surface area (TPSA) is 57.5 Å². The van der Waals surface area contributed by atoms with Crippen molar-refractivity contribution in [3.05, 3.63) is 43.5 Å². The van der Waals surface area contributed by atoms with Crippen molar-refractivity contribution in [2.45, 2.75) is 65.7 Å². The first kappa shape index (κ1) is 26.0. The molecule has 0 fully saturated rings. The van der Waals surface area contributed by atoms with Crippen LogP contribution in [0.15, 0.2) is 23.1 Å². The summed E-state index contributed by atoms with van der Waals surface area (Å²) in [4.78, 5) is 25.6. The summed E-state index contributed by atoms with van der Waals surface area (Å²) in [5, 5.41) is 0.340. The number of rotatable bonds is 7. The smallest absolute Gasteiger partial charge is 0.343 e. The van der Waals surface area contributed by atoms with Crippen LogP contribution in [0.25, 0.3) is 10.9 Å². The van der Waals surface area contributed by atoms with Gasteiger partial charge >= 0.3 is 5.97 Å². The Bertz CT molecular complexity index is 1030. The van der Waals surface area contributed by atoms with E-state index in [-0.39, 0.29) is 29.2 Å². The van der Waals surface area contributed by atoms with Gasteiger partial charge in [0.1, 0.15) is 11.4 Å². The van der Waals surface area contributed by atoms with Crippen LogP contribution in [0.3, 0.4) is 0 Å². The van der Waals surface area contributed by atoms with Gasteiger partial charge in [0.15, 0.2) is 8.32 Å². The van der Waals surface area contributed by atoms with Crippen LogP contribution >= 0.6 is 22.6 Å². The van der Waals surface area contributed by atoms with Gasteiger partial charge in [0.2, 0.25) is 5.43 Å². The van der Waals surface area contributed by atoms with Gasteiger partial charge in [-0.05, 0) is 65.7 Å². The molecule has 0 aliphatic carbocycles. The summed E-state index contributed by atoms with van der Waals surface area (Å²) in [6, 6.07) is 2.68. The van der Waals surface area contributed by atoms with E-state index in [2.05, 4.69) is 47.7 Å². The van der Waals surface area contributed by atoms with Crippen LogP contribution in [0.4, 0.5) is 4.39 Å². The number of carbonyl (C=O) groups excluding carboxylic acids is 1. The van der Waals surface area contributed by atoms with Crippen molar-refractivity contribution in [1.82, 2.24) is 4.57 Å². The molecule has 2 aromatic rings. The number of esters is 1. The lowest BCUT2D eigenvalue weighted by Crippen LogP contribution is -2.42. The molecule has 0 unspecified atom stereocenters. The van der Waals surface area contributed by atoms with Crippen LogP contribution in [-0.4, -0.2) is 32.1 Å². The van der Waals surface area contributed by atoms with Crippen molar-refractivity contribution in [3.8, 4) is 0 Å². The standard InChI is InChI=1S/C23H33FINO4Si/c1-9-29-22(28)16-12-26(19-11-17(24)18(25)10-15(19)21(16)27)20(14(2)3)13-30-31(7,8)23(4,5)6/h10-12,14,20H,9,13H2,1-8H3/t20-/m0/s1. The van der Waals surface area contributed by atoms with E-state index in [4.69, 9.17) is 9.16 Å². The normalized spacial score (nSPS) is 13.6. The quantitative estimate of drug-likeness (QED) is 0.232. The number of benzene rings is 1. The zero-order chi connectivity index (χ0) is 23.7. The largest absolute Gasteiger partial charge is 0.462 e. The lowest BCUT2D eigenvalue weighted by Gasteiger charge is -2.38. The monoisotopic (exact) mass is 561 g/mol. The van der Waals surface area contributed by atoms with Crippen LogP contribution in [0.1, 0.15) is 57.9 Å². The van der Waals surface area contributed by atoms with Crippen molar-refractivity contribution >= 4 is 47.8 Å². The molecule has 0 bridgehead atoms. The molecular formula is C23H33FINO4Si. The number of fused-ring (bicyclic) bond motifs is 1. The summed E-state index contributed by atoms with van der Waals surface area (Å²) in [6.45, 7) is 17.3. The molecular weight excluding hydrogens is 528 g/mol. The molecule has 0 aliphatic heterocycles. The Morgan fingerprint density at radius 3 is 2.39 bits per heavy atom. The maximum absolute atomic E-state index is 14.5. The van der Waals surface area contributed by atoms with Gasteiger partial charge in [0.25, 0.3) is 0 Å². The average Bonchev–Trinajstić information content (AvgIpc) is 2.64. The van der Waals surface area contributed by atoms with Gasteiger partial charge in [-0.2, -0.15) is 0 Å². The van der Waals surface area contributed by atoms with E-state index in [0.29, 0.717) is 21.1 Å². The van der Waals surface area contributed by atoms with Crippen LogP contribution in [0, 0.1) is 15.3 Å². The van der Waals surface area contributed by atoms with Gasteiger partial charge in [0, 0.05) is 15.2 Å². The number of hydrogen-bond acceptors (Lipinski definition) is 4. The SMILES string of the molecule is CCOC(=O)c1cn([C@@H](CO[Si](C)(C)C(C)(C)C)C(C)C)c2cc(F)c(I)cc2c1=O. The first-order valence-electron chi connectivity index (χ1n) is 10.6. The van der Waals surface area contributed by atoms with Gasteiger partial charge in [0.05, 0.1) is 24.8 Å². The Kier molecular flexibility index (Phi) is 8.13. The van der Waals surface area contributed by atoms with Gasteiger partial charge in [-0.25, -0.2) is 9.18 Å². The highest BCUT2D eigenvalue weighted by Crippen LogP contribution is 2.38. The zero-order valence-corrected chi connectivity index (χ0v) is 22.8. The predicted octanol–water partition coefficient (Wildman–Crippen LogP) is 6.14. The lowest BCUT2D eigenvalue weighted by atomic mass is 10.0. The third kappa shape index (κ3) is 5.57. The fraction of sp³-hybridized carbons (Fsp3) is 0.565. The minimum absolute atomic E-state index is 0.0401. The molecule has 1 atom stereocenters. The second-order valence-corrected chi connectivity index (χ2v) is 15.6. The Morgan fingerprint density at radius 2 is 1.87 bits per heavy atom. The number of aromatic nitrogens is 1. The number of ether oxygens (including phenoxy) is 1. The summed E-state index contributed by atoms with van der Waals surface area (Å²) in [5.41, 5.74) is -0.0429. The highest BCUT2D eigenvalue weighted by Gasteiger charge is 2.38. The van der Waals surface area contributed by atoms with E-state index in [1.54, 1.807) is 6.92 Å². The fourth-order valence-electron chi connectivity index (χ4n) is 3.08. The minimum atomic E-state index is -2.03. The predicted molar refractivity (Wildman–Crippen MR) is 134 cm³/mol. The maximum atomic E-state index is 14.5. The van der Waals surface area contributed by atoms with Crippen LogP contribution < -0.4 is 5.43 Å². The molecule has 1 aromatic heterocycles. The van der Waals surface area contributed by atoms with E-state index in [1.165, 1.54) is 18.3 Å². The molecule has 1 aromatic carbocycles. The van der Waals surface area contributed by atoms with E-state index in [0.717, 1.165) is 0 Å². The molecule has 8 heteroatoms. The summed E-state index contributed by atoms with van der Waals surface area (Å²) in [7, 11) is -2.03. The highest BCUT2D eigenvalue weighted by atomic mass is 127. The molecule has 0 radical (unpaired) electrons. The molecule has 0 aliphatic rings. The van der Waals surface area contributed by atoms with Crippen LogP contribution in [-0.2, 0) is 9.16 Å². The van der Waals surface area contributed by atoms with Crippen molar-refractivity contribution in [3.63, 3.8) is 0 Å². The molecule has 5 nitrogen and oxygen atoms in total. The molecule has 1 heterocycles. The molecule has 0 amide bonds. The number of pyridine rings is 1. The Balaban J connectivity index is 2.71. The van der Waals surface area contributed by atoms with Crippen molar-refractivity contribution in [2.24, 2.45) is 5.92 Å². The maximum Gasteiger partial charge on any atom is 0.343 e. The molecule has 0 saturated heterocycles. The fourth-order valence-corrected chi connectivity index (χ4v) is 4.56. The number of carbonyl (C=O) groups is 1. The Labute approximate surface area is 198 Å². The number of halogens is 2. The van der Waals surface area contributed by atoms with E-state index in [9.17, 15) is 14.0 Å². The first-order chi connectivity index (χ1) is 14.2.